The first-order chi connectivity index (χ1) is 6.74. The van der Waals surface area contributed by atoms with E-state index in [0.717, 1.165) is 5.56 Å². The molecule has 3 nitrogen and oxygen atoms in total. The van der Waals surface area contributed by atoms with Gasteiger partial charge in [-0.05, 0) is 18.6 Å². The van der Waals surface area contributed by atoms with Gasteiger partial charge in [0.2, 0.25) is 0 Å². The molecule has 1 heterocycles. The van der Waals surface area contributed by atoms with Crippen molar-refractivity contribution in [3.63, 3.8) is 0 Å². The van der Waals surface area contributed by atoms with E-state index in [1.54, 1.807) is 19.3 Å². The molecule has 1 aromatic rings. The van der Waals surface area contributed by atoms with E-state index in [0.29, 0.717) is 13.0 Å². The Morgan fingerprint density at radius 1 is 1.71 bits per heavy atom. The first kappa shape index (κ1) is 11.0. The molecule has 4 heteroatoms. The summed E-state index contributed by atoms with van der Waals surface area (Å²) in [5.74, 6) is -0.377. The standard InChI is InChI=1S/C10H12ClNO2/c1-2-14-10(13)9(11)6-8-4-3-5-12-7-8/h3-5,7,9H,2,6H2,1H3. The third kappa shape index (κ3) is 3.34. The molecule has 1 atom stereocenters. The van der Waals surface area contributed by atoms with Gasteiger partial charge in [0.15, 0.2) is 0 Å². The normalized spacial score (nSPS) is 12.1. The predicted octanol–water partition coefficient (Wildman–Crippen LogP) is 1.79. The van der Waals surface area contributed by atoms with Crippen LogP contribution in [0.25, 0.3) is 0 Å². The van der Waals surface area contributed by atoms with Gasteiger partial charge in [-0.2, -0.15) is 0 Å². The maximum absolute atomic E-state index is 11.2. The van der Waals surface area contributed by atoms with Crippen LogP contribution in [0.1, 0.15) is 12.5 Å². The van der Waals surface area contributed by atoms with E-state index in [1.807, 2.05) is 12.1 Å². The molecule has 0 bridgehead atoms. The van der Waals surface area contributed by atoms with Gasteiger partial charge in [-0.3, -0.25) is 9.78 Å². The highest BCUT2D eigenvalue weighted by molar-refractivity contribution is 6.30. The Labute approximate surface area is 88.1 Å². The van der Waals surface area contributed by atoms with Gasteiger partial charge in [0.25, 0.3) is 0 Å². The van der Waals surface area contributed by atoms with E-state index < -0.39 is 5.38 Å². The minimum atomic E-state index is -0.626. The lowest BCUT2D eigenvalue weighted by molar-refractivity contribution is -0.142. The predicted molar refractivity (Wildman–Crippen MR) is 54.2 cm³/mol. The number of ether oxygens (including phenoxy) is 1. The number of alkyl halides is 1. The van der Waals surface area contributed by atoms with E-state index in [9.17, 15) is 4.79 Å². The molecule has 14 heavy (non-hydrogen) atoms. The lowest BCUT2D eigenvalue weighted by Gasteiger charge is -2.07. The maximum Gasteiger partial charge on any atom is 0.324 e. The second-order valence-electron chi connectivity index (χ2n) is 2.78. The monoisotopic (exact) mass is 213 g/mol. The third-order valence-electron chi connectivity index (χ3n) is 1.68. The zero-order valence-corrected chi connectivity index (χ0v) is 8.70. The topological polar surface area (TPSA) is 39.2 Å². The smallest absolute Gasteiger partial charge is 0.324 e. The van der Waals surface area contributed by atoms with Crippen LogP contribution in [0.2, 0.25) is 0 Å². The highest BCUT2D eigenvalue weighted by atomic mass is 35.5. The fraction of sp³-hybridized carbons (Fsp3) is 0.400. The molecule has 0 N–H and O–H groups in total. The van der Waals surface area contributed by atoms with Gasteiger partial charge in [0.05, 0.1) is 6.61 Å². The third-order valence-corrected chi connectivity index (χ3v) is 2.01. The van der Waals surface area contributed by atoms with Gasteiger partial charge in [-0.15, -0.1) is 11.6 Å². The van der Waals surface area contributed by atoms with Crippen molar-refractivity contribution >= 4 is 17.6 Å². The Morgan fingerprint density at radius 3 is 3.07 bits per heavy atom. The van der Waals surface area contributed by atoms with Crippen molar-refractivity contribution < 1.29 is 9.53 Å². The van der Waals surface area contributed by atoms with Crippen molar-refractivity contribution in [1.82, 2.24) is 4.98 Å². The molecule has 76 valence electrons. The minimum absolute atomic E-state index is 0.356. The molecule has 0 aliphatic carbocycles. The Bertz CT molecular complexity index is 289. The van der Waals surface area contributed by atoms with E-state index in [1.165, 1.54) is 0 Å². The number of hydrogen-bond donors (Lipinski definition) is 0. The second-order valence-corrected chi connectivity index (χ2v) is 3.31. The zero-order valence-electron chi connectivity index (χ0n) is 7.94. The molecule has 0 saturated carbocycles. The van der Waals surface area contributed by atoms with Crippen LogP contribution >= 0.6 is 11.6 Å². The Kier molecular flexibility index (Phi) is 4.40. The molecule has 1 aromatic heterocycles. The molecule has 1 unspecified atom stereocenters. The first-order valence-electron chi connectivity index (χ1n) is 4.43. The maximum atomic E-state index is 11.2. The molecular formula is C10H12ClNO2. The lowest BCUT2D eigenvalue weighted by Crippen LogP contribution is -2.20. The highest BCUT2D eigenvalue weighted by Crippen LogP contribution is 2.08. The van der Waals surface area contributed by atoms with E-state index >= 15 is 0 Å². The average Bonchev–Trinajstić information content (AvgIpc) is 2.19. The van der Waals surface area contributed by atoms with Crippen LogP contribution in [0.4, 0.5) is 0 Å². The molecule has 0 radical (unpaired) electrons. The van der Waals surface area contributed by atoms with Gasteiger partial charge in [0.1, 0.15) is 5.38 Å². The van der Waals surface area contributed by atoms with Gasteiger partial charge in [0, 0.05) is 18.8 Å². The number of pyridine rings is 1. The average molecular weight is 214 g/mol. The molecule has 0 spiro atoms. The van der Waals surface area contributed by atoms with Crippen molar-refractivity contribution in [3.8, 4) is 0 Å². The molecule has 0 saturated heterocycles. The van der Waals surface area contributed by atoms with E-state index in [2.05, 4.69) is 4.98 Å². The lowest BCUT2D eigenvalue weighted by atomic mass is 10.1. The zero-order chi connectivity index (χ0) is 10.4. The molecule has 1 rings (SSSR count). The summed E-state index contributed by atoms with van der Waals surface area (Å²) in [6.45, 7) is 2.11. The van der Waals surface area contributed by atoms with Crippen LogP contribution in [-0.2, 0) is 16.0 Å². The number of carbonyl (C=O) groups is 1. The number of aromatic nitrogens is 1. The summed E-state index contributed by atoms with van der Waals surface area (Å²) in [5, 5.41) is -0.626. The van der Waals surface area contributed by atoms with Crippen LogP contribution < -0.4 is 0 Å². The summed E-state index contributed by atoms with van der Waals surface area (Å²) in [6.07, 6.45) is 3.82. The van der Waals surface area contributed by atoms with Crippen molar-refractivity contribution in [2.24, 2.45) is 0 Å². The number of hydrogen-bond acceptors (Lipinski definition) is 3. The number of halogens is 1. The highest BCUT2D eigenvalue weighted by Gasteiger charge is 2.16. The van der Waals surface area contributed by atoms with Crippen molar-refractivity contribution in [2.45, 2.75) is 18.7 Å². The summed E-state index contributed by atoms with van der Waals surface area (Å²) < 4.78 is 4.78. The molecule has 0 aromatic carbocycles. The second kappa shape index (κ2) is 5.60. The van der Waals surface area contributed by atoms with Gasteiger partial charge in [-0.25, -0.2) is 0 Å². The Morgan fingerprint density at radius 2 is 2.50 bits per heavy atom. The SMILES string of the molecule is CCOC(=O)C(Cl)Cc1cccnc1. The number of rotatable bonds is 4. The van der Waals surface area contributed by atoms with Crippen LogP contribution in [0.5, 0.6) is 0 Å². The van der Waals surface area contributed by atoms with Crippen molar-refractivity contribution in [2.75, 3.05) is 6.61 Å². The quantitative estimate of drug-likeness (QED) is 0.566. The van der Waals surface area contributed by atoms with E-state index in [4.69, 9.17) is 16.3 Å². The molecule has 0 aliphatic rings. The Balaban J connectivity index is 2.49. The largest absolute Gasteiger partial charge is 0.465 e. The van der Waals surface area contributed by atoms with Crippen LogP contribution in [0, 0.1) is 0 Å². The van der Waals surface area contributed by atoms with Crippen LogP contribution in [0.3, 0.4) is 0 Å². The van der Waals surface area contributed by atoms with E-state index in [-0.39, 0.29) is 5.97 Å². The molecular weight excluding hydrogens is 202 g/mol. The van der Waals surface area contributed by atoms with Gasteiger partial charge >= 0.3 is 5.97 Å². The van der Waals surface area contributed by atoms with Crippen molar-refractivity contribution in [1.29, 1.82) is 0 Å². The molecule has 0 amide bonds. The summed E-state index contributed by atoms with van der Waals surface area (Å²) in [7, 11) is 0. The summed E-state index contributed by atoms with van der Waals surface area (Å²) in [6, 6.07) is 3.69. The molecule has 0 fully saturated rings. The van der Waals surface area contributed by atoms with Gasteiger partial charge in [-0.1, -0.05) is 6.07 Å². The van der Waals surface area contributed by atoms with Crippen molar-refractivity contribution in [3.05, 3.63) is 30.1 Å². The number of carbonyl (C=O) groups excluding carboxylic acids is 1. The fourth-order valence-corrected chi connectivity index (χ4v) is 1.28. The number of nitrogens with zero attached hydrogens (tertiary/aromatic N) is 1. The Hall–Kier alpha value is -1.09. The number of esters is 1. The first-order valence-corrected chi connectivity index (χ1v) is 4.87. The van der Waals surface area contributed by atoms with Crippen LogP contribution in [-0.4, -0.2) is 22.9 Å². The van der Waals surface area contributed by atoms with Gasteiger partial charge < -0.3 is 4.74 Å². The summed E-state index contributed by atoms with van der Waals surface area (Å²) in [5.41, 5.74) is 0.931. The van der Waals surface area contributed by atoms with Crippen LogP contribution in [0.15, 0.2) is 24.5 Å². The summed E-state index contributed by atoms with van der Waals surface area (Å²) >= 11 is 5.84. The fourth-order valence-electron chi connectivity index (χ4n) is 1.04. The molecule has 0 aliphatic heterocycles. The minimum Gasteiger partial charge on any atom is -0.465 e. The summed E-state index contributed by atoms with van der Waals surface area (Å²) in [4.78, 5) is 15.1.